The molecule has 0 bridgehead atoms. The van der Waals surface area contributed by atoms with Gasteiger partial charge in [-0.1, -0.05) is 35.5 Å². The van der Waals surface area contributed by atoms with Crippen molar-refractivity contribution in [3.63, 3.8) is 0 Å². The number of hydrogen-bond donors (Lipinski definition) is 0. The largest absolute Gasteiger partial charge is 0.493 e. The molecule has 1 aromatic heterocycles. The van der Waals surface area contributed by atoms with Crippen LogP contribution in [0, 0.1) is 6.92 Å². The van der Waals surface area contributed by atoms with Crippen molar-refractivity contribution >= 4 is 5.91 Å². The Hall–Kier alpha value is -3.28. The third kappa shape index (κ3) is 3.24. The third-order valence-electron chi connectivity index (χ3n) is 5.57. The van der Waals surface area contributed by atoms with Crippen LogP contribution in [0.15, 0.2) is 47.0 Å². The van der Waals surface area contributed by atoms with Crippen molar-refractivity contribution in [2.75, 3.05) is 20.8 Å². The summed E-state index contributed by atoms with van der Waals surface area (Å²) in [6.45, 7) is 4.43. The van der Waals surface area contributed by atoms with E-state index in [1.807, 2.05) is 54.3 Å². The van der Waals surface area contributed by atoms with Crippen LogP contribution in [0.3, 0.4) is 0 Å². The number of nitrogens with zero attached hydrogens (tertiary/aromatic N) is 2. The van der Waals surface area contributed by atoms with Crippen molar-refractivity contribution in [2.45, 2.75) is 26.3 Å². The first-order chi connectivity index (χ1) is 14.0. The van der Waals surface area contributed by atoms with E-state index >= 15 is 0 Å². The van der Waals surface area contributed by atoms with Crippen LogP contribution < -0.4 is 9.47 Å². The molecular weight excluding hydrogens is 368 g/mol. The number of rotatable bonds is 4. The minimum atomic E-state index is -0.107. The first kappa shape index (κ1) is 19.1. The van der Waals surface area contributed by atoms with Gasteiger partial charge >= 0.3 is 0 Å². The van der Waals surface area contributed by atoms with Gasteiger partial charge in [-0.25, -0.2) is 0 Å². The van der Waals surface area contributed by atoms with Crippen LogP contribution in [0.1, 0.15) is 40.2 Å². The SMILES string of the molecule is COc1cc2c(cc1OC)C(C)N(C(=O)c1c(-c3ccccc3)noc1C)CC2. The average molecular weight is 392 g/mol. The molecule has 6 nitrogen and oxygen atoms in total. The van der Waals surface area contributed by atoms with Crippen molar-refractivity contribution in [1.29, 1.82) is 0 Å². The highest BCUT2D eigenvalue weighted by Gasteiger charge is 2.33. The Morgan fingerprint density at radius 2 is 1.83 bits per heavy atom. The first-order valence-corrected chi connectivity index (χ1v) is 9.62. The van der Waals surface area contributed by atoms with Gasteiger partial charge in [0, 0.05) is 12.1 Å². The molecule has 0 fully saturated rings. The third-order valence-corrected chi connectivity index (χ3v) is 5.57. The molecule has 0 aliphatic carbocycles. The van der Waals surface area contributed by atoms with Crippen molar-refractivity contribution in [2.24, 2.45) is 0 Å². The number of aromatic nitrogens is 1. The minimum absolute atomic E-state index is 0.0736. The van der Waals surface area contributed by atoms with E-state index in [4.69, 9.17) is 14.0 Å². The van der Waals surface area contributed by atoms with Gasteiger partial charge in [-0.05, 0) is 43.5 Å². The van der Waals surface area contributed by atoms with Crippen molar-refractivity contribution < 1.29 is 18.8 Å². The number of hydrogen-bond acceptors (Lipinski definition) is 5. The fraction of sp³-hybridized carbons (Fsp3) is 0.304. The summed E-state index contributed by atoms with van der Waals surface area (Å²) in [6.07, 6.45) is 0.747. The molecule has 1 unspecified atom stereocenters. The highest BCUT2D eigenvalue weighted by molar-refractivity contribution is 6.01. The number of amides is 1. The van der Waals surface area contributed by atoms with Crippen molar-refractivity contribution in [3.05, 3.63) is 64.9 Å². The first-order valence-electron chi connectivity index (χ1n) is 9.62. The molecule has 1 atom stereocenters. The van der Waals surface area contributed by atoms with E-state index in [0.29, 0.717) is 35.1 Å². The Labute approximate surface area is 170 Å². The molecule has 1 aliphatic heterocycles. The number of ether oxygens (including phenoxy) is 2. The number of carbonyl (C=O) groups excluding carboxylic acids is 1. The van der Waals surface area contributed by atoms with Gasteiger partial charge in [0.25, 0.3) is 5.91 Å². The summed E-state index contributed by atoms with van der Waals surface area (Å²) < 4.78 is 16.3. The smallest absolute Gasteiger partial charge is 0.260 e. The molecule has 0 saturated carbocycles. The molecule has 3 aromatic rings. The monoisotopic (exact) mass is 392 g/mol. The molecule has 0 spiro atoms. The lowest BCUT2D eigenvalue weighted by molar-refractivity contribution is 0.0676. The summed E-state index contributed by atoms with van der Waals surface area (Å²) in [5.74, 6) is 1.83. The fourth-order valence-corrected chi connectivity index (χ4v) is 3.98. The molecule has 0 saturated heterocycles. The van der Waals surface area contributed by atoms with E-state index in [-0.39, 0.29) is 11.9 Å². The van der Waals surface area contributed by atoms with Crippen LogP contribution in [0.2, 0.25) is 0 Å². The number of fused-ring (bicyclic) bond motifs is 1. The van der Waals surface area contributed by atoms with Gasteiger partial charge in [-0.3, -0.25) is 4.79 Å². The molecule has 1 amide bonds. The van der Waals surface area contributed by atoms with E-state index < -0.39 is 0 Å². The quantitative estimate of drug-likeness (QED) is 0.657. The lowest BCUT2D eigenvalue weighted by atomic mass is 9.92. The molecule has 150 valence electrons. The van der Waals surface area contributed by atoms with Crippen molar-refractivity contribution in [3.8, 4) is 22.8 Å². The Kier molecular flexibility index (Phi) is 5.01. The second-order valence-corrected chi connectivity index (χ2v) is 7.16. The zero-order chi connectivity index (χ0) is 20.5. The molecular formula is C23H24N2O4. The summed E-state index contributed by atoms with van der Waals surface area (Å²) >= 11 is 0. The van der Waals surface area contributed by atoms with Crippen LogP contribution in [-0.4, -0.2) is 36.7 Å². The second kappa shape index (κ2) is 7.62. The van der Waals surface area contributed by atoms with Gasteiger partial charge in [0.05, 0.1) is 20.3 Å². The van der Waals surface area contributed by atoms with Gasteiger partial charge in [-0.15, -0.1) is 0 Å². The predicted octanol–water partition coefficient (Wildman–Crippen LogP) is 4.43. The molecule has 2 heterocycles. The lowest BCUT2D eigenvalue weighted by Gasteiger charge is -2.35. The zero-order valence-electron chi connectivity index (χ0n) is 17.1. The Balaban J connectivity index is 1.71. The topological polar surface area (TPSA) is 64.8 Å². The summed E-state index contributed by atoms with van der Waals surface area (Å²) in [5, 5.41) is 4.16. The number of methoxy groups -OCH3 is 2. The maximum absolute atomic E-state index is 13.5. The maximum atomic E-state index is 13.5. The van der Waals surface area contributed by atoms with Gasteiger partial charge < -0.3 is 18.9 Å². The van der Waals surface area contributed by atoms with Gasteiger partial charge in [0.15, 0.2) is 11.5 Å². The zero-order valence-corrected chi connectivity index (χ0v) is 17.1. The molecule has 29 heavy (non-hydrogen) atoms. The molecule has 2 aromatic carbocycles. The van der Waals surface area contributed by atoms with Gasteiger partial charge in [-0.2, -0.15) is 0 Å². The van der Waals surface area contributed by atoms with Crippen LogP contribution in [-0.2, 0) is 6.42 Å². The molecule has 0 radical (unpaired) electrons. The van der Waals surface area contributed by atoms with E-state index in [0.717, 1.165) is 17.5 Å². The summed E-state index contributed by atoms with van der Waals surface area (Å²) in [5.41, 5.74) is 4.21. The Morgan fingerprint density at radius 3 is 2.52 bits per heavy atom. The Bertz CT molecular complexity index is 1040. The standard InChI is InChI=1S/C23H24N2O4/c1-14-18-13-20(28-4)19(27-3)12-17(18)10-11-25(14)23(26)21-15(2)29-24-22(21)16-8-6-5-7-9-16/h5-9,12-14H,10-11H2,1-4H3. The van der Waals surface area contributed by atoms with Crippen LogP contribution in [0.25, 0.3) is 11.3 Å². The molecule has 6 heteroatoms. The highest BCUT2D eigenvalue weighted by Crippen LogP contribution is 2.39. The highest BCUT2D eigenvalue weighted by atomic mass is 16.5. The maximum Gasteiger partial charge on any atom is 0.260 e. The number of aryl methyl sites for hydroxylation is 1. The van der Waals surface area contributed by atoms with Crippen LogP contribution >= 0.6 is 0 Å². The normalized spacial score (nSPS) is 15.7. The van der Waals surface area contributed by atoms with Crippen LogP contribution in [0.4, 0.5) is 0 Å². The Morgan fingerprint density at radius 1 is 1.14 bits per heavy atom. The van der Waals surface area contributed by atoms with Gasteiger partial charge in [0.2, 0.25) is 0 Å². The van der Waals surface area contributed by atoms with Crippen LogP contribution in [0.5, 0.6) is 11.5 Å². The van der Waals surface area contributed by atoms with E-state index in [1.54, 1.807) is 21.1 Å². The molecule has 1 aliphatic rings. The lowest BCUT2D eigenvalue weighted by Crippen LogP contribution is -2.39. The molecule has 0 N–H and O–H groups in total. The second-order valence-electron chi connectivity index (χ2n) is 7.16. The van der Waals surface area contributed by atoms with Gasteiger partial charge in [0.1, 0.15) is 17.0 Å². The van der Waals surface area contributed by atoms with Crippen molar-refractivity contribution in [1.82, 2.24) is 10.1 Å². The minimum Gasteiger partial charge on any atom is -0.493 e. The predicted molar refractivity (Wildman–Crippen MR) is 109 cm³/mol. The number of carbonyl (C=O) groups is 1. The number of benzene rings is 2. The van der Waals surface area contributed by atoms with E-state index in [1.165, 1.54) is 5.56 Å². The summed E-state index contributed by atoms with van der Waals surface area (Å²) in [6, 6.07) is 13.5. The van der Waals surface area contributed by atoms with E-state index in [9.17, 15) is 4.79 Å². The summed E-state index contributed by atoms with van der Waals surface area (Å²) in [4.78, 5) is 15.4. The van der Waals surface area contributed by atoms with E-state index in [2.05, 4.69) is 5.16 Å². The average Bonchev–Trinajstić information content (AvgIpc) is 3.14. The fourth-order valence-electron chi connectivity index (χ4n) is 3.98. The summed E-state index contributed by atoms with van der Waals surface area (Å²) in [7, 11) is 3.25. The molecule has 4 rings (SSSR count).